The highest BCUT2D eigenvalue weighted by atomic mass is 16.2. The summed E-state index contributed by atoms with van der Waals surface area (Å²) in [5.74, 6) is 1.15. The molecule has 1 aromatic carbocycles. The molecule has 22 heavy (non-hydrogen) atoms. The van der Waals surface area contributed by atoms with Gasteiger partial charge in [0.15, 0.2) is 0 Å². The predicted molar refractivity (Wildman–Crippen MR) is 87.6 cm³/mol. The van der Waals surface area contributed by atoms with Crippen molar-refractivity contribution in [1.29, 1.82) is 0 Å². The van der Waals surface area contributed by atoms with E-state index in [0.717, 1.165) is 32.0 Å². The number of piperazine rings is 1. The number of amides is 1. The summed E-state index contributed by atoms with van der Waals surface area (Å²) in [6, 6.07) is 8.99. The van der Waals surface area contributed by atoms with E-state index in [2.05, 4.69) is 34.1 Å². The van der Waals surface area contributed by atoms with Crippen molar-refractivity contribution in [1.82, 2.24) is 9.80 Å². The van der Waals surface area contributed by atoms with Crippen LogP contribution in [0.3, 0.4) is 0 Å². The van der Waals surface area contributed by atoms with E-state index in [0.29, 0.717) is 12.5 Å². The smallest absolute Gasteiger partial charge is 0.237 e. The molecule has 1 unspecified atom stereocenters. The molecular weight excluding hydrogens is 272 g/mol. The molecule has 1 atom stereocenters. The summed E-state index contributed by atoms with van der Waals surface area (Å²) < 4.78 is 0. The Morgan fingerprint density at radius 2 is 1.91 bits per heavy atom. The molecule has 2 heterocycles. The van der Waals surface area contributed by atoms with Crippen LogP contribution < -0.4 is 0 Å². The van der Waals surface area contributed by atoms with E-state index < -0.39 is 0 Å². The Hall–Kier alpha value is -1.35. The largest absolute Gasteiger partial charge is 0.333 e. The standard InChI is InChI=1S/C19H26N2O/c22-19-14-20(12-15-6-2-1-3-7-15)13-18-17-9-5-4-8-16(17)10-11-21(18)19/h4-5,8-9,15,18H,1-3,6-7,10-14H2. The molecule has 0 spiro atoms. The molecular formula is C19H26N2O. The van der Waals surface area contributed by atoms with E-state index in [1.54, 1.807) is 0 Å². The van der Waals surface area contributed by atoms with Crippen LogP contribution in [-0.4, -0.2) is 41.9 Å². The first-order valence-electron chi connectivity index (χ1n) is 8.91. The van der Waals surface area contributed by atoms with Gasteiger partial charge in [0.05, 0.1) is 12.6 Å². The van der Waals surface area contributed by atoms with Gasteiger partial charge in [-0.3, -0.25) is 9.69 Å². The maximum Gasteiger partial charge on any atom is 0.237 e. The third kappa shape index (κ3) is 2.67. The van der Waals surface area contributed by atoms with Gasteiger partial charge in [0.2, 0.25) is 5.91 Å². The molecule has 4 rings (SSSR count). The van der Waals surface area contributed by atoms with Gasteiger partial charge in [-0.25, -0.2) is 0 Å². The lowest BCUT2D eigenvalue weighted by molar-refractivity contribution is -0.141. The van der Waals surface area contributed by atoms with E-state index in [-0.39, 0.29) is 6.04 Å². The van der Waals surface area contributed by atoms with Crippen molar-refractivity contribution in [2.75, 3.05) is 26.2 Å². The lowest BCUT2D eigenvalue weighted by Gasteiger charge is -2.45. The van der Waals surface area contributed by atoms with Crippen LogP contribution in [0.1, 0.15) is 49.3 Å². The zero-order valence-corrected chi connectivity index (χ0v) is 13.3. The number of hydrogen-bond acceptors (Lipinski definition) is 2. The number of carbonyl (C=O) groups is 1. The van der Waals surface area contributed by atoms with Crippen LogP contribution in [0.5, 0.6) is 0 Å². The van der Waals surface area contributed by atoms with Crippen LogP contribution in [-0.2, 0) is 11.2 Å². The predicted octanol–water partition coefficient (Wildman–Crippen LogP) is 3.01. The van der Waals surface area contributed by atoms with Crippen LogP contribution in [0.25, 0.3) is 0 Å². The Morgan fingerprint density at radius 3 is 2.77 bits per heavy atom. The molecule has 1 aliphatic carbocycles. The highest BCUT2D eigenvalue weighted by Gasteiger charge is 2.37. The minimum absolute atomic E-state index is 0.287. The maximum atomic E-state index is 12.6. The van der Waals surface area contributed by atoms with E-state index in [1.807, 2.05) is 0 Å². The fourth-order valence-corrected chi connectivity index (χ4v) is 4.61. The molecule has 0 bridgehead atoms. The second-order valence-corrected chi connectivity index (χ2v) is 7.25. The topological polar surface area (TPSA) is 23.6 Å². The fourth-order valence-electron chi connectivity index (χ4n) is 4.61. The van der Waals surface area contributed by atoms with Gasteiger partial charge >= 0.3 is 0 Å². The molecule has 2 fully saturated rings. The summed E-state index contributed by atoms with van der Waals surface area (Å²) in [5, 5.41) is 0. The monoisotopic (exact) mass is 298 g/mol. The summed E-state index contributed by atoms with van der Waals surface area (Å²) >= 11 is 0. The minimum atomic E-state index is 0.287. The Balaban J connectivity index is 1.51. The van der Waals surface area contributed by atoms with Crippen LogP contribution in [0.4, 0.5) is 0 Å². The van der Waals surface area contributed by atoms with E-state index >= 15 is 0 Å². The number of benzene rings is 1. The van der Waals surface area contributed by atoms with Gasteiger partial charge in [-0.15, -0.1) is 0 Å². The Labute approximate surface area is 133 Å². The molecule has 3 heteroatoms. The molecule has 3 aliphatic rings. The van der Waals surface area contributed by atoms with Crippen LogP contribution in [0.2, 0.25) is 0 Å². The first-order valence-corrected chi connectivity index (χ1v) is 8.91. The second kappa shape index (κ2) is 6.04. The highest BCUT2D eigenvalue weighted by Crippen LogP contribution is 2.34. The van der Waals surface area contributed by atoms with Crippen molar-refractivity contribution in [2.24, 2.45) is 5.92 Å². The fraction of sp³-hybridized carbons (Fsp3) is 0.632. The van der Waals surface area contributed by atoms with E-state index in [9.17, 15) is 4.79 Å². The molecule has 1 amide bonds. The van der Waals surface area contributed by atoms with Gasteiger partial charge in [0.25, 0.3) is 0 Å². The molecule has 118 valence electrons. The molecule has 1 saturated heterocycles. The van der Waals surface area contributed by atoms with Crippen molar-refractivity contribution in [2.45, 2.75) is 44.6 Å². The SMILES string of the molecule is O=C1CN(CC2CCCCC2)CC2c3ccccc3CCN12. The van der Waals surface area contributed by atoms with Crippen molar-refractivity contribution in [3.05, 3.63) is 35.4 Å². The van der Waals surface area contributed by atoms with Gasteiger partial charge in [0.1, 0.15) is 0 Å². The summed E-state index contributed by atoms with van der Waals surface area (Å²) in [6.07, 6.45) is 7.89. The van der Waals surface area contributed by atoms with Crippen molar-refractivity contribution in [3.8, 4) is 0 Å². The van der Waals surface area contributed by atoms with E-state index in [1.165, 1.54) is 43.2 Å². The quantitative estimate of drug-likeness (QED) is 0.838. The Morgan fingerprint density at radius 1 is 1.09 bits per heavy atom. The average molecular weight is 298 g/mol. The highest BCUT2D eigenvalue weighted by molar-refractivity contribution is 5.80. The van der Waals surface area contributed by atoms with Crippen LogP contribution >= 0.6 is 0 Å². The van der Waals surface area contributed by atoms with Crippen LogP contribution in [0.15, 0.2) is 24.3 Å². The number of hydrogen-bond donors (Lipinski definition) is 0. The molecule has 0 N–H and O–H groups in total. The summed E-state index contributed by atoms with van der Waals surface area (Å²) in [5.41, 5.74) is 2.83. The number of rotatable bonds is 2. The first kappa shape index (κ1) is 14.3. The van der Waals surface area contributed by atoms with Gasteiger partial charge in [0, 0.05) is 19.6 Å². The molecule has 0 aromatic heterocycles. The van der Waals surface area contributed by atoms with Gasteiger partial charge in [-0.1, -0.05) is 43.5 Å². The first-order chi connectivity index (χ1) is 10.8. The van der Waals surface area contributed by atoms with E-state index in [4.69, 9.17) is 0 Å². The third-order valence-corrected chi connectivity index (χ3v) is 5.76. The summed E-state index contributed by atoms with van der Waals surface area (Å²) in [7, 11) is 0. The molecule has 3 nitrogen and oxygen atoms in total. The third-order valence-electron chi connectivity index (χ3n) is 5.76. The Bertz CT molecular complexity index is 550. The van der Waals surface area contributed by atoms with Crippen molar-refractivity contribution >= 4 is 5.91 Å². The lowest BCUT2D eigenvalue weighted by Crippen LogP contribution is -2.55. The number of nitrogens with zero attached hydrogens (tertiary/aromatic N) is 2. The van der Waals surface area contributed by atoms with Gasteiger partial charge in [-0.2, -0.15) is 0 Å². The molecule has 1 aromatic rings. The zero-order valence-electron chi connectivity index (χ0n) is 13.3. The summed E-state index contributed by atoms with van der Waals surface area (Å²) in [4.78, 5) is 17.1. The molecule has 1 saturated carbocycles. The Kier molecular flexibility index (Phi) is 3.91. The zero-order chi connectivity index (χ0) is 14.9. The average Bonchev–Trinajstić information content (AvgIpc) is 2.56. The second-order valence-electron chi connectivity index (χ2n) is 7.25. The minimum Gasteiger partial charge on any atom is -0.333 e. The number of fused-ring (bicyclic) bond motifs is 3. The number of carbonyl (C=O) groups excluding carboxylic acids is 1. The molecule has 2 aliphatic heterocycles. The van der Waals surface area contributed by atoms with Crippen molar-refractivity contribution in [3.63, 3.8) is 0 Å². The summed E-state index contributed by atoms with van der Waals surface area (Å²) in [6.45, 7) is 3.68. The van der Waals surface area contributed by atoms with Gasteiger partial charge in [-0.05, 0) is 36.3 Å². The van der Waals surface area contributed by atoms with Gasteiger partial charge < -0.3 is 4.90 Å². The van der Waals surface area contributed by atoms with Crippen molar-refractivity contribution < 1.29 is 4.79 Å². The van der Waals surface area contributed by atoms with Crippen LogP contribution in [0, 0.1) is 5.92 Å². The molecule has 0 radical (unpaired) electrons. The maximum absolute atomic E-state index is 12.6. The lowest BCUT2D eigenvalue weighted by atomic mass is 9.87. The normalized spacial score (nSPS) is 26.6.